The Labute approximate surface area is 215 Å². The molecule has 7 nitrogen and oxygen atoms in total. The molecule has 0 aromatic heterocycles. The molecule has 1 amide bonds. The second-order valence-corrected chi connectivity index (χ2v) is 11.7. The molecule has 0 bridgehead atoms. The number of nitrogens with one attached hydrogen (secondary N) is 1. The number of hydrogen-bond donors (Lipinski definition) is 3. The maximum absolute atomic E-state index is 17.2. The van der Waals surface area contributed by atoms with Crippen LogP contribution in [0.3, 0.4) is 0 Å². The molecule has 8 heteroatoms. The van der Waals surface area contributed by atoms with Crippen molar-refractivity contribution in [1.29, 1.82) is 0 Å². The average molecular weight is 512 g/mol. The maximum Gasteiger partial charge on any atom is 0.412 e. The topological polar surface area (TPSA) is 113 Å². The summed E-state index contributed by atoms with van der Waals surface area (Å²) in [6.07, 6.45) is 3.31. The van der Waals surface area contributed by atoms with E-state index in [1.807, 2.05) is 6.08 Å². The van der Waals surface area contributed by atoms with Crippen LogP contribution in [0.25, 0.3) is 0 Å². The maximum atomic E-state index is 17.2. The molecule has 0 radical (unpaired) electrons. The van der Waals surface area contributed by atoms with Crippen LogP contribution in [-0.2, 0) is 14.3 Å². The van der Waals surface area contributed by atoms with Gasteiger partial charge in [0.2, 0.25) is 5.78 Å². The van der Waals surface area contributed by atoms with Gasteiger partial charge in [-0.15, -0.1) is 0 Å². The Balaban J connectivity index is 1.40. The highest BCUT2D eigenvalue weighted by molar-refractivity contribution is 5.94. The summed E-state index contributed by atoms with van der Waals surface area (Å²) >= 11 is 0. The summed E-state index contributed by atoms with van der Waals surface area (Å²) in [6, 6.07) is 8.64. The summed E-state index contributed by atoms with van der Waals surface area (Å²) in [4.78, 5) is 37.8. The number of Topliss-reactive ketones (excluding diaryl/α,β-unsaturated/α-hetero) is 1. The number of rotatable bonds is 4. The molecule has 0 aliphatic heterocycles. The molecule has 0 saturated heterocycles. The zero-order valence-corrected chi connectivity index (χ0v) is 21.4. The number of fused-ring (bicyclic) bond motifs is 5. The van der Waals surface area contributed by atoms with Crippen molar-refractivity contribution in [3.63, 3.8) is 0 Å². The number of hydrogen-bond acceptors (Lipinski definition) is 6. The number of halogens is 1. The smallest absolute Gasteiger partial charge is 0.412 e. The third-order valence-electron chi connectivity index (χ3n) is 9.97. The van der Waals surface area contributed by atoms with Crippen molar-refractivity contribution in [3.8, 4) is 0 Å². The molecule has 2 saturated carbocycles. The quantitative estimate of drug-likeness (QED) is 0.524. The Hall–Kier alpha value is -2.84. The number of carbonyl (C=O) groups excluding carboxylic acids is 3. The Morgan fingerprint density at radius 2 is 1.89 bits per heavy atom. The second kappa shape index (κ2) is 8.60. The molecular weight excluding hydrogens is 477 g/mol. The highest BCUT2D eigenvalue weighted by Gasteiger charge is 2.75. The third kappa shape index (κ3) is 3.48. The number of anilines is 1. The Morgan fingerprint density at radius 3 is 2.59 bits per heavy atom. The van der Waals surface area contributed by atoms with E-state index in [0.29, 0.717) is 24.1 Å². The van der Waals surface area contributed by atoms with E-state index in [4.69, 9.17) is 4.74 Å². The van der Waals surface area contributed by atoms with Crippen LogP contribution in [0.4, 0.5) is 14.9 Å². The van der Waals surface area contributed by atoms with Crippen LogP contribution in [0.5, 0.6) is 0 Å². The minimum Gasteiger partial charge on any atom is -0.441 e. The molecule has 8 atom stereocenters. The lowest BCUT2D eigenvalue weighted by atomic mass is 9.45. The summed E-state index contributed by atoms with van der Waals surface area (Å²) in [5.41, 5.74) is -5.03. The van der Waals surface area contributed by atoms with Crippen molar-refractivity contribution < 1.29 is 33.7 Å². The fraction of sp³-hybridized carbons (Fsp3) is 0.552. The average Bonchev–Trinajstić information content (AvgIpc) is 3.06. The molecule has 0 spiro atoms. The molecule has 37 heavy (non-hydrogen) atoms. The van der Waals surface area contributed by atoms with Gasteiger partial charge in [-0.3, -0.25) is 14.9 Å². The number of carbonyl (C=O) groups is 3. The van der Waals surface area contributed by atoms with E-state index in [2.05, 4.69) is 5.32 Å². The first-order valence-corrected chi connectivity index (χ1v) is 12.9. The van der Waals surface area contributed by atoms with Gasteiger partial charge in [0, 0.05) is 28.9 Å². The first kappa shape index (κ1) is 25.8. The van der Waals surface area contributed by atoms with Crippen LogP contribution in [0.1, 0.15) is 46.5 Å². The van der Waals surface area contributed by atoms with Crippen molar-refractivity contribution in [2.24, 2.45) is 28.6 Å². The van der Waals surface area contributed by atoms with Crippen LogP contribution in [0, 0.1) is 28.6 Å². The lowest BCUT2D eigenvalue weighted by Gasteiger charge is -2.62. The van der Waals surface area contributed by atoms with Gasteiger partial charge in [-0.2, -0.15) is 0 Å². The van der Waals surface area contributed by atoms with Crippen LogP contribution in [-0.4, -0.2) is 51.9 Å². The fourth-order valence-corrected chi connectivity index (χ4v) is 7.96. The van der Waals surface area contributed by atoms with Crippen LogP contribution < -0.4 is 5.32 Å². The lowest BCUT2D eigenvalue weighted by molar-refractivity contribution is -0.215. The first-order valence-electron chi connectivity index (χ1n) is 12.9. The van der Waals surface area contributed by atoms with E-state index in [1.165, 1.54) is 6.08 Å². The van der Waals surface area contributed by atoms with Crippen molar-refractivity contribution in [3.05, 3.63) is 54.1 Å². The van der Waals surface area contributed by atoms with Crippen LogP contribution >= 0.6 is 0 Å². The zero-order valence-electron chi connectivity index (χ0n) is 21.4. The monoisotopic (exact) mass is 511 g/mol. The summed E-state index contributed by atoms with van der Waals surface area (Å²) in [6.45, 7) is 4.58. The first-order chi connectivity index (χ1) is 17.4. The number of aliphatic hydroxyl groups excluding tert-OH is 1. The highest BCUT2D eigenvalue weighted by atomic mass is 19.1. The van der Waals surface area contributed by atoms with Gasteiger partial charge < -0.3 is 14.9 Å². The fourth-order valence-electron chi connectivity index (χ4n) is 7.96. The van der Waals surface area contributed by atoms with E-state index >= 15 is 4.39 Å². The minimum absolute atomic E-state index is 0.0910. The van der Waals surface area contributed by atoms with Gasteiger partial charge >= 0.3 is 6.09 Å². The van der Waals surface area contributed by atoms with E-state index < -0.39 is 64.4 Å². The summed E-state index contributed by atoms with van der Waals surface area (Å²) < 4.78 is 22.4. The van der Waals surface area contributed by atoms with Gasteiger partial charge in [0.1, 0.15) is 5.60 Å². The van der Waals surface area contributed by atoms with Gasteiger partial charge in [-0.1, -0.05) is 49.8 Å². The number of benzene rings is 1. The summed E-state index contributed by atoms with van der Waals surface area (Å²) in [5, 5.41) is 25.9. The molecule has 4 aliphatic carbocycles. The third-order valence-corrected chi connectivity index (χ3v) is 9.97. The molecule has 5 rings (SSSR count). The SMILES string of the molecule is C[C@@H]1CC2C3CC=C4CC(=O)C=C[C@]4(C)[C@@]3(F)[C@@H](O)C[C@]2(C)[C@@]1(O)C(=O)COC(=O)Nc1ccccc1. The predicted octanol–water partition coefficient (Wildman–Crippen LogP) is 4.15. The number of para-hydroxylation sites is 1. The minimum atomic E-state index is -2.04. The van der Waals surface area contributed by atoms with Crippen molar-refractivity contribution in [2.75, 3.05) is 11.9 Å². The second-order valence-electron chi connectivity index (χ2n) is 11.7. The summed E-state index contributed by atoms with van der Waals surface area (Å²) in [7, 11) is 0. The Kier molecular flexibility index (Phi) is 5.99. The molecule has 198 valence electrons. The van der Waals surface area contributed by atoms with Gasteiger partial charge in [-0.05, 0) is 56.2 Å². The molecule has 3 N–H and O–H groups in total. The zero-order chi connectivity index (χ0) is 26.8. The lowest BCUT2D eigenvalue weighted by Crippen LogP contribution is -2.69. The molecule has 2 fully saturated rings. The highest BCUT2D eigenvalue weighted by Crippen LogP contribution is 2.70. The molecule has 0 heterocycles. The number of allylic oxidation sites excluding steroid dienone is 4. The largest absolute Gasteiger partial charge is 0.441 e. The van der Waals surface area contributed by atoms with E-state index in [0.717, 1.165) is 0 Å². The molecule has 1 aromatic rings. The van der Waals surface area contributed by atoms with E-state index in [1.54, 1.807) is 57.2 Å². The number of ketones is 2. The van der Waals surface area contributed by atoms with Crippen LogP contribution in [0.2, 0.25) is 0 Å². The van der Waals surface area contributed by atoms with Crippen molar-refractivity contribution >= 4 is 23.3 Å². The molecule has 4 aliphatic rings. The predicted molar refractivity (Wildman–Crippen MR) is 134 cm³/mol. The number of aliphatic hydroxyl groups is 2. The molecule has 1 aromatic carbocycles. The van der Waals surface area contributed by atoms with Crippen LogP contribution in [0.15, 0.2) is 54.1 Å². The number of ether oxygens (including phenoxy) is 1. The number of alkyl halides is 1. The van der Waals surface area contributed by atoms with E-state index in [-0.39, 0.29) is 18.6 Å². The van der Waals surface area contributed by atoms with Gasteiger partial charge in [-0.25, -0.2) is 9.18 Å². The normalized spacial score (nSPS) is 42.2. The Bertz CT molecular complexity index is 1200. The standard InChI is InChI=1S/C29H34FNO6/c1-17-13-22-21-10-9-18-14-20(32)11-12-26(18,2)28(21,30)23(33)15-27(22,3)29(17,36)24(34)16-37-25(35)31-19-7-5-4-6-8-19/h4-9,11-12,17,21-23,33,36H,10,13-16H2,1-3H3,(H,31,35)/t17-,21?,22?,23+,26+,27+,28+,29+/m1/s1. The van der Waals surface area contributed by atoms with Gasteiger partial charge in [0.25, 0.3) is 0 Å². The van der Waals surface area contributed by atoms with Crippen molar-refractivity contribution in [1.82, 2.24) is 0 Å². The van der Waals surface area contributed by atoms with Crippen molar-refractivity contribution in [2.45, 2.75) is 63.8 Å². The number of amides is 1. The molecular formula is C29H34FNO6. The van der Waals surface area contributed by atoms with Gasteiger partial charge in [0.15, 0.2) is 18.1 Å². The molecule has 2 unspecified atom stereocenters. The Morgan fingerprint density at radius 1 is 1.19 bits per heavy atom. The van der Waals surface area contributed by atoms with E-state index in [9.17, 15) is 24.6 Å². The summed E-state index contributed by atoms with van der Waals surface area (Å²) in [5.74, 6) is -2.34. The van der Waals surface area contributed by atoms with Gasteiger partial charge in [0.05, 0.1) is 6.10 Å².